The van der Waals surface area contributed by atoms with Gasteiger partial charge in [-0.2, -0.15) is 0 Å². The van der Waals surface area contributed by atoms with Crippen molar-refractivity contribution >= 4 is 10.8 Å². The van der Waals surface area contributed by atoms with Gasteiger partial charge in [-0.3, -0.25) is 0 Å². The molecule has 105 valence electrons. The number of ether oxygens (including phenoxy) is 2. The summed E-state index contributed by atoms with van der Waals surface area (Å²) in [4.78, 5) is 0. The van der Waals surface area contributed by atoms with E-state index in [1.165, 1.54) is 10.8 Å². The Labute approximate surface area is 120 Å². The standard InChI is InChI=1S/C18H21O2/c1-2-3-12-19-17-11-10-14-7-4-5-8-15(14)18(17)16-9-6-13-20-16/h4-5,7-8,10-11H,2-3,6,9,12-13H2,1H3. The molecule has 1 fully saturated rings. The first-order valence-electron chi connectivity index (χ1n) is 7.53. The highest BCUT2D eigenvalue weighted by Gasteiger charge is 2.25. The number of benzene rings is 2. The highest BCUT2D eigenvalue weighted by atomic mass is 16.5. The van der Waals surface area contributed by atoms with Crippen molar-refractivity contribution in [3.63, 3.8) is 0 Å². The molecule has 1 aliphatic heterocycles. The van der Waals surface area contributed by atoms with Crippen LogP contribution in [0.5, 0.6) is 5.75 Å². The second kappa shape index (κ2) is 6.27. The van der Waals surface area contributed by atoms with Crippen molar-refractivity contribution in [1.29, 1.82) is 0 Å². The van der Waals surface area contributed by atoms with Crippen LogP contribution in [-0.2, 0) is 4.74 Å². The summed E-state index contributed by atoms with van der Waals surface area (Å²) < 4.78 is 11.8. The summed E-state index contributed by atoms with van der Waals surface area (Å²) in [5, 5.41) is 2.48. The SMILES string of the molecule is CCCCOc1ccc2ccccc2c1[C]1CCCO1. The maximum absolute atomic E-state index is 6.00. The van der Waals surface area contributed by atoms with Gasteiger partial charge < -0.3 is 9.47 Å². The molecule has 1 aliphatic rings. The summed E-state index contributed by atoms with van der Waals surface area (Å²) >= 11 is 0. The van der Waals surface area contributed by atoms with Crippen LogP contribution in [0.4, 0.5) is 0 Å². The van der Waals surface area contributed by atoms with Gasteiger partial charge in [-0.15, -0.1) is 0 Å². The van der Waals surface area contributed by atoms with Gasteiger partial charge in [0.05, 0.1) is 6.61 Å². The Bertz CT molecular complexity index is 571. The fourth-order valence-electron chi connectivity index (χ4n) is 2.68. The van der Waals surface area contributed by atoms with Crippen LogP contribution in [0.2, 0.25) is 0 Å². The number of rotatable bonds is 5. The molecule has 2 aromatic carbocycles. The topological polar surface area (TPSA) is 18.5 Å². The van der Waals surface area contributed by atoms with Crippen molar-refractivity contribution in [3.8, 4) is 5.75 Å². The molecule has 0 N–H and O–H groups in total. The van der Waals surface area contributed by atoms with Crippen LogP contribution in [0, 0.1) is 6.10 Å². The van der Waals surface area contributed by atoms with E-state index in [9.17, 15) is 0 Å². The zero-order chi connectivity index (χ0) is 13.8. The molecule has 0 unspecified atom stereocenters. The molecule has 0 atom stereocenters. The Morgan fingerprint density at radius 1 is 1.15 bits per heavy atom. The van der Waals surface area contributed by atoms with E-state index < -0.39 is 0 Å². The van der Waals surface area contributed by atoms with Crippen LogP contribution < -0.4 is 4.74 Å². The molecule has 2 heteroatoms. The lowest BCUT2D eigenvalue weighted by atomic mass is 9.97. The Morgan fingerprint density at radius 3 is 2.85 bits per heavy atom. The Hall–Kier alpha value is -1.54. The van der Waals surface area contributed by atoms with E-state index in [2.05, 4.69) is 43.3 Å². The molecule has 0 aromatic heterocycles. The van der Waals surface area contributed by atoms with Crippen molar-refractivity contribution in [2.75, 3.05) is 13.2 Å². The molecule has 2 aromatic rings. The van der Waals surface area contributed by atoms with Crippen LogP contribution in [0.1, 0.15) is 38.2 Å². The maximum atomic E-state index is 6.00. The summed E-state index contributed by atoms with van der Waals surface area (Å²) in [7, 11) is 0. The highest BCUT2D eigenvalue weighted by Crippen LogP contribution is 2.39. The minimum atomic E-state index is 0.773. The summed E-state index contributed by atoms with van der Waals surface area (Å²) in [5.74, 6) is 0.967. The van der Waals surface area contributed by atoms with E-state index in [0.717, 1.165) is 56.3 Å². The fraction of sp³-hybridized carbons (Fsp3) is 0.389. The number of fused-ring (bicyclic) bond motifs is 1. The Balaban J connectivity index is 2.01. The minimum Gasteiger partial charge on any atom is -0.493 e. The smallest absolute Gasteiger partial charge is 0.130 e. The highest BCUT2D eigenvalue weighted by molar-refractivity contribution is 5.89. The van der Waals surface area contributed by atoms with Crippen molar-refractivity contribution in [1.82, 2.24) is 0 Å². The van der Waals surface area contributed by atoms with Gasteiger partial charge in [0.25, 0.3) is 0 Å². The van der Waals surface area contributed by atoms with Gasteiger partial charge in [-0.1, -0.05) is 43.7 Å². The summed E-state index contributed by atoms with van der Waals surface area (Å²) in [6.07, 6.45) is 5.44. The predicted octanol–water partition coefficient (Wildman–Crippen LogP) is 4.71. The van der Waals surface area contributed by atoms with Gasteiger partial charge in [-0.25, -0.2) is 0 Å². The molecule has 1 heterocycles. The van der Waals surface area contributed by atoms with Crippen molar-refractivity contribution in [2.45, 2.75) is 32.6 Å². The molecule has 0 spiro atoms. The summed E-state index contributed by atoms with van der Waals surface area (Å²) in [6, 6.07) is 12.7. The van der Waals surface area contributed by atoms with Gasteiger partial charge in [-0.05, 0) is 36.1 Å². The van der Waals surface area contributed by atoms with Crippen LogP contribution in [0.3, 0.4) is 0 Å². The first-order chi connectivity index (χ1) is 9.90. The number of hydrogen-bond acceptors (Lipinski definition) is 2. The molecule has 2 nitrogen and oxygen atoms in total. The molecule has 0 aliphatic carbocycles. The third kappa shape index (κ3) is 2.66. The molecular weight excluding hydrogens is 248 g/mol. The minimum absolute atomic E-state index is 0.773. The molecular formula is C18H21O2. The fourth-order valence-corrected chi connectivity index (χ4v) is 2.68. The predicted molar refractivity (Wildman–Crippen MR) is 81.9 cm³/mol. The molecule has 0 saturated carbocycles. The average molecular weight is 269 g/mol. The van der Waals surface area contributed by atoms with Gasteiger partial charge in [0, 0.05) is 12.2 Å². The normalized spacial score (nSPS) is 15.8. The summed E-state index contributed by atoms with van der Waals surface area (Å²) in [6.45, 7) is 3.78. The quantitative estimate of drug-likeness (QED) is 0.732. The van der Waals surface area contributed by atoms with Crippen LogP contribution >= 0.6 is 0 Å². The largest absolute Gasteiger partial charge is 0.493 e. The van der Waals surface area contributed by atoms with E-state index in [1.807, 2.05) is 0 Å². The lowest BCUT2D eigenvalue weighted by Crippen LogP contribution is -2.05. The van der Waals surface area contributed by atoms with Gasteiger partial charge in [0.15, 0.2) is 0 Å². The zero-order valence-electron chi connectivity index (χ0n) is 12.0. The van der Waals surface area contributed by atoms with Crippen LogP contribution in [0.15, 0.2) is 36.4 Å². The number of hydrogen-bond donors (Lipinski definition) is 0. The first kappa shape index (κ1) is 13.4. The second-order valence-corrected chi connectivity index (χ2v) is 5.24. The molecule has 1 radical (unpaired) electrons. The van der Waals surface area contributed by atoms with E-state index in [1.54, 1.807) is 0 Å². The third-order valence-corrected chi connectivity index (χ3v) is 3.75. The number of unbranched alkanes of at least 4 members (excludes halogenated alkanes) is 1. The Kier molecular flexibility index (Phi) is 4.22. The van der Waals surface area contributed by atoms with E-state index >= 15 is 0 Å². The zero-order valence-corrected chi connectivity index (χ0v) is 12.0. The molecule has 1 saturated heterocycles. The van der Waals surface area contributed by atoms with Crippen LogP contribution in [-0.4, -0.2) is 13.2 Å². The van der Waals surface area contributed by atoms with Crippen LogP contribution in [0.25, 0.3) is 10.8 Å². The van der Waals surface area contributed by atoms with Crippen molar-refractivity contribution in [2.24, 2.45) is 0 Å². The molecule has 3 rings (SSSR count). The van der Waals surface area contributed by atoms with E-state index in [0.29, 0.717) is 0 Å². The maximum Gasteiger partial charge on any atom is 0.130 e. The van der Waals surface area contributed by atoms with Crippen molar-refractivity contribution < 1.29 is 9.47 Å². The van der Waals surface area contributed by atoms with Crippen molar-refractivity contribution in [3.05, 3.63) is 48.1 Å². The first-order valence-corrected chi connectivity index (χ1v) is 7.53. The Morgan fingerprint density at radius 2 is 2.05 bits per heavy atom. The second-order valence-electron chi connectivity index (χ2n) is 5.24. The van der Waals surface area contributed by atoms with E-state index in [4.69, 9.17) is 9.47 Å². The molecule has 0 amide bonds. The lowest BCUT2D eigenvalue weighted by Gasteiger charge is -2.17. The van der Waals surface area contributed by atoms with E-state index in [-0.39, 0.29) is 0 Å². The van der Waals surface area contributed by atoms with Gasteiger partial charge in [0.2, 0.25) is 0 Å². The average Bonchev–Trinajstić information content (AvgIpc) is 3.01. The summed E-state index contributed by atoms with van der Waals surface area (Å²) in [5.41, 5.74) is 1.16. The third-order valence-electron chi connectivity index (χ3n) is 3.75. The molecule has 0 bridgehead atoms. The van der Waals surface area contributed by atoms with Gasteiger partial charge >= 0.3 is 0 Å². The lowest BCUT2D eigenvalue weighted by molar-refractivity contribution is 0.212. The van der Waals surface area contributed by atoms with Gasteiger partial charge in [0.1, 0.15) is 11.9 Å². The monoisotopic (exact) mass is 269 g/mol. The molecule has 20 heavy (non-hydrogen) atoms.